The minimum absolute atomic E-state index is 0.631. The van der Waals surface area contributed by atoms with Gasteiger partial charge in [-0.1, -0.05) is 164 Å². The van der Waals surface area contributed by atoms with E-state index in [0.29, 0.717) is 17.5 Å². The molecule has 8 aromatic carbocycles. The lowest BCUT2D eigenvalue weighted by atomic mass is 9.90. The van der Waals surface area contributed by atoms with Crippen LogP contribution in [-0.2, 0) is 6.42 Å². The quantitative estimate of drug-likeness (QED) is 0.160. The first kappa shape index (κ1) is 38.0. The minimum atomic E-state index is 0.631. The number of hydrogen-bond donors (Lipinski definition) is 0. The third kappa shape index (κ3) is 6.39. The van der Waals surface area contributed by atoms with Crippen molar-refractivity contribution in [2.24, 2.45) is 0 Å². The summed E-state index contributed by atoms with van der Waals surface area (Å²) in [4.78, 5) is 17.2. The number of aromatic nitrogens is 3. The highest BCUT2D eigenvalue weighted by Crippen LogP contribution is 2.43. The summed E-state index contributed by atoms with van der Waals surface area (Å²) < 4.78 is 7.82. The minimum Gasteiger partial charge on any atom is -0.456 e. The Labute approximate surface area is 375 Å². The normalized spacial score (nSPS) is 12.8. The van der Waals surface area contributed by atoms with Crippen molar-refractivity contribution in [3.05, 3.63) is 209 Å². The summed E-state index contributed by atoms with van der Waals surface area (Å²) in [5.41, 5.74) is 15.4. The fourth-order valence-electron chi connectivity index (χ4n) is 9.75. The Bertz CT molecular complexity index is 3690. The molecule has 0 atom stereocenters. The second kappa shape index (κ2) is 15.6. The standard InChI is InChI=1S/C59H41N3OS/c1-3-42(55-36(2)64-54-28-10-9-20-51(54)55)58-60-57(40-31-29-39(30-32-40)44-21-11-18-38-17-7-8-19-43(38)44)61-59(62-58)49-26-13-22-45-46(23-12-24-47(45)49)48-25-14-27-52-56(48)50-34-33-41(35-53(50)63-52)37-15-5-4-6-16-37/h3-6,8-16,18-35H,7,17H2,1-2H3/b42-3+. The van der Waals surface area contributed by atoms with Crippen LogP contribution in [0.3, 0.4) is 0 Å². The first-order valence-electron chi connectivity index (χ1n) is 21.9. The molecule has 1 aliphatic rings. The molecule has 0 saturated heterocycles. The fraction of sp³-hybridized carbons (Fsp3) is 0.0678. The van der Waals surface area contributed by atoms with E-state index in [9.17, 15) is 0 Å². The molecule has 64 heavy (non-hydrogen) atoms. The molecule has 304 valence electrons. The lowest BCUT2D eigenvalue weighted by molar-refractivity contribution is 0.669. The second-order valence-electron chi connectivity index (χ2n) is 16.5. The number of hydrogen-bond acceptors (Lipinski definition) is 5. The first-order chi connectivity index (χ1) is 31.6. The van der Waals surface area contributed by atoms with Gasteiger partial charge < -0.3 is 4.42 Å². The lowest BCUT2D eigenvalue weighted by Crippen LogP contribution is -2.04. The van der Waals surface area contributed by atoms with Crippen molar-refractivity contribution in [2.75, 3.05) is 0 Å². The van der Waals surface area contributed by atoms with Gasteiger partial charge in [-0.25, -0.2) is 15.0 Å². The van der Waals surface area contributed by atoms with Crippen LogP contribution < -0.4 is 0 Å². The van der Waals surface area contributed by atoms with Crippen molar-refractivity contribution in [3.8, 4) is 56.2 Å². The van der Waals surface area contributed by atoms with Crippen molar-refractivity contribution in [1.29, 1.82) is 0 Å². The number of nitrogens with zero attached hydrogens (tertiary/aromatic N) is 3. The summed E-state index contributed by atoms with van der Waals surface area (Å²) in [6, 6.07) is 60.4. The van der Waals surface area contributed by atoms with E-state index in [0.717, 1.165) is 84.5 Å². The topological polar surface area (TPSA) is 51.8 Å². The molecule has 0 fully saturated rings. The summed E-state index contributed by atoms with van der Waals surface area (Å²) in [6.07, 6.45) is 8.86. The summed E-state index contributed by atoms with van der Waals surface area (Å²) in [7, 11) is 0. The summed E-state index contributed by atoms with van der Waals surface area (Å²) in [5.74, 6) is 1.92. The highest BCUT2D eigenvalue weighted by atomic mass is 32.1. The van der Waals surface area contributed by atoms with E-state index in [-0.39, 0.29) is 0 Å². The lowest BCUT2D eigenvalue weighted by Gasteiger charge is -2.16. The van der Waals surface area contributed by atoms with E-state index < -0.39 is 0 Å². The molecule has 0 radical (unpaired) electrons. The Hall–Kier alpha value is -7.73. The van der Waals surface area contributed by atoms with Crippen LogP contribution in [0.5, 0.6) is 0 Å². The Morgan fingerprint density at radius 3 is 2.09 bits per heavy atom. The number of thiophene rings is 1. The average molecular weight is 840 g/mol. The molecule has 0 bridgehead atoms. The Balaban J connectivity index is 1.02. The predicted molar refractivity (Wildman–Crippen MR) is 268 cm³/mol. The summed E-state index contributed by atoms with van der Waals surface area (Å²) in [5, 5.41) is 5.58. The average Bonchev–Trinajstić information content (AvgIpc) is 3.90. The second-order valence-corrected chi connectivity index (χ2v) is 17.8. The maximum Gasteiger partial charge on any atom is 0.164 e. The van der Waals surface area contributed by atoms with Crippen molar-refractivity contribution in [1.82, 2.24) is 15.0 Å². The van der Waals surface area contributed by atoms with Crippen LogP contribution in [0.25, 0.3) is 111 Å². The zero-order valence-corrected chi connectivity index (χ0v) is 36.3. The molecule has 1 aliphatic carbocycles. The van der Waals surface area contributed by atoms with Gasteiger partial charge in [-0.15, -0.1) is 11.3 Å². The summed E-state index contributed by atoms with van der Waals surface area (Å²) >= 11 is 1.81. The van der Waals surface area contributed by atoms with Gasteiger partial charge in [0, 0.05) is 48.0 Å². The van der Waals surface area contributed by atoms with Gasteiger partial charge >= 0.3 is 0 Å². The van der Waals surface area contributed by atoms with Crippen molar-refractivity contribution in [2.45, 2.75) is 26.7 Å². The summed E-state index contributed by atoms with van der Waals surface area (Å²) in [6.45, 7) is 4.28. The van der Waals surface area contributed by atoms with Gasteiger partial charge in [0.25, 0.3) is 0 Å². The third-order valence-corrected chi connectivity index (χ3v) is 13.9. The van der Waals surface area contributed by atoms with Crippen LogP contribution in [0.1, 0.15) is 40.7 Å². The van der Waals surface area contributed by atoms with Crippen LogP contribution >= 0.6 is 11.3 Å². The van der Waals surface area contributed by atoms with Gasteiger partial charge in [-0.05, 0) is 106 Å². The molecule has 4 nitrogen and oxygen atoms in total. The van der Waals surface area contributed by atoms with Gasteiger partial charge in [-0.3, -0.25) is 0 Å². The van der Waals surface area contributed by atoms with Crippen LogP contribution in [0.4, 0.5) is 0 Å². The van der Waals surface area contributed by atoms with Gasteiger partial charge in [0.05, 0.1) is 0 Å². The zero-order valence-electron chi connectivity index (χ0n) is 35.5. The van der Waals surface area contributed by atoms with E-state index in [1.54, 1.807) is 11.3 Å². The van der Waals surface area contributed by atoms with Crippen LogP contribution in [0, 0.1) is 6.92 Å². The molecule has 12 rings (SSSR count). The Kier molecular flexibility index (Phi) is 9.24. The van der Waals surface area contributed by atoms with E-state index in [1.165, 1.54) is 42.8 Å². The molecule has 0 N–H and O–H groups in total. The fourth-order valence-corrected chi connectivity index (χ4v) is 10.8. The zero-order chi connectivity index (χ0) is 42.7. The molecular weight excluding hydrogens is 799 g/mol. The predicted octanol–water partition coefficient (Wildman–Crippen LogP) is 16.2. The molecule has 5 heteroatoms. The molecule has 0 saturated carbocycles. The highest BCUT2D eigenvalue weighted by molar-refractivity contribution is 7.19. The number of allylic oxidation sites excluding steroid dienone is 2. The van der Waals surface area contributed by atoms with E-state index in [1.807, 2.05) is 6.07 Å². The first-order valence-corrected chi connectivity index (χ1v) is 22.7. The molecule has 0 amide bonds. The molecule has 0 unspecified atom stereocenters. The maximum absolute atomic E-state index is 6.57. The van der Waals surface area contributed by atoms with Crippen LogP contribution in [-0.4, -0.2) is 15.0 Å². The molecule has 0 aliphatic heterocycles. The van der Waals surface area contributed by atoms with Crippen molar-refractivity contribution >= 4 is 65.8 Å². The van der Waals surface area contributed by atoms with Gasteiger partial charge in [0.15, 0.2) is 17.5 Å². The van der Waals surface area contributed by atoms with Gasteiger partial charge in [0.2, 0.25) is 0 Å². The Morgan fingerprint density at radius 2 is 1.23 bits per heavy atom. The smallest absolute Gasteiger partial charge is 0.164 e. The largest absolute Gasteiger partial charge is 0.456 e. The van der Waals surface area contributed by atoms with E-state index in [2.05, 4.69) is 196 Å². The number of fused-ring (bicyclic) bond motifs is 6. The Morgan fingerprint density at radius 1 is 0.547 bits per heavy atom. The number of aryl methyl sites for hydroxylation is 2. The van der Waals surface area contributed by atoms with Crippen LogP contribution in [0.2, 0.25) is 0 Å². The molecule has 3 heterocycles. The number of furan rings is 1. The van der Waals surface area contributed by atoms with Gasteiger partial charge in [0.1, 0.15) is 11.2 Å². The van der Waals surface area contributed by atoms with Crippen molar-refractivity contribution in [3.63, 3.8) is 0 Å². The monoisotopic (exact) mass is 839 g/mol. The van der Waals surface area contributed by atoms with E-state index in [4.69, 9.17) is 19.4 Å². The highest BCUT2D eigenvalue weighted by Gasteiger charge is 2.22. The maximum atomic E-state index is 6.57. The SMILES string of the molecule is C/C=C(/c1nc(-c2ccc(-c3cccc4c3C=CCC4)cc2)nc(-c2cccc3c(-c4cccc5oc6cc(-c7ccccc7)ccc6c45)cccc23)n1)c1c(C)sc2ccccc12. The molecule has 0 spiro atoms. The molecular formula is C59H41N3OS. The number of rotatable bonds is 7. The van der Waals surface area contributed by atoms with Crippen LogP contribution in [0.15, 0.2) is 186 Å². The van der Waals surface area contributed by atoms with Crippen molar-refractivity contribution < 1.29 is 4.42 Å². The third-order valence-electron chi connectivity index (χ3n) is 12.8. The van der Waals surface area contributed by atoms with E-state index >= 15 is 0 Å². The van der Waals surface area contributed by atoms with Gasteiger partial charge in [-0.2, -0.15) is 0 Å². The molecule has 3 aromatic heterocycles. The number of benzene rings is 8. The molecule has 11 aromatic rings.